The number of ether oxygens (including phenoxy) is 1. The molecular formula is C16H11BrO. The molecule has 0 spiro atoms. The Morgan fingerprint density at radius 2 is 1.56 bits per heavy atom. The summed E-state index contributed by atoms with van der Waals surface area (Å²) in [6.45, 7) is 0.851. The Balaban J connectivity index is 2.20. The van der Waals surface area contributed by atoms with Crippen molar-refractivity contribution < 1.29 is 4.74 Å². The van der Waals surface area contributed by atoms with E-state index in [1.165, 1.54) is 27.1 Å². The predicted octanol–water partition coefficient (Wildman–Crippen LogP) is 4.83. The van der Waals surface area contributed by atoms with E-state index in [1.54, 1.807) is 0 Å². The lowest BCUT2D eigenvalue weighted by Gasteiger charge is -2.09. The van der Waals surface area contributed by atoms with Gasteiger partial charge in [-0.25, -0.2) is 0 Å². The second-order valence-corrected chi connectivity index (χ2v) is 5.52. The van der Waals surface area contributed by atoms with Crippen LogP contribution in [0.25, 0.3) is 21.5 Å². The molecule has 0 saturated carbocycles. The summed E-state index contributed by atoms with van der Waals surface area (Å²) >= 11 is 3.68. The van der Waals surface area contributed by atoms with Gasteiger partial charge in [-0.3, -0.25) is 0 Å². The Hall–Kier alpha value is -1.38. The van der Waals surface area contributed by atoms with Gasteiger partial charge >= 0.3 is 0 Å². The molecule has 0 N–H and O–H groups in total. The van der Waals surface area contributed by atoms with Gasteiger partial charge in [0.05, 0.1) is 6.61 Å². The van der Waals surface area contributed by atoms with E-state index in [0.717, 1.165) is 11.1 Å². The van der Waals surface area contributed by atoms with E-state index < -0.39 is 0 Å². The van der Waals surface area contributed by atoms with Crippen molar-refractivity contribution in [3.8, 4) is 0 Å². The van der Waals surface area contributed by atoms with E-state index >= 15 is 0 Å². The second kappa shape index (κ2) is 3.81. The van der Waals surface area contributed by atoms with Gasteiger partial charge in [-0.15, -0.1) is 0 Å². The van der Waals surface area contributed by atoms with Crippen molar-refractivity contribution in [2.75, 3.05) is 6.61 Å². The maximum Gasteiger partial charge on any atom is 0.107 e. The van der Waals surface area contributed by atoms with Crippen LogP contribution < -0.4 is 0 Å². The van der Waals surface area contributed by atoms with Crippen molar-refractivity contribution in [2.45, 2.75) is 6.10 Å². The van der Waals surface area contributed by atoms with Gasteiger partial charge in [-0.2, -0.15) is 0 Å². The molecule has 1 saturated heterocycles. The summed E-state index contributed by atoms with van der Waals surface area (Å²) in [6.07, 6.45) is 0.293. The molecule has 1 fully saturated rings. The monoisotopic (exact) mass is 298 g/mol. The molecule has 2 heteroatoms. The van der Waals surface area contributed by atoms with Crippen molar-refractivity contribution in [3.05, 3.63) is 58.6 Å². The minimum absolute atomic E-state index is 0.293. The molecule has 1 aliphatic heterocycles. The van der Waals surface area contributed by atoms with E-state index in [0.29, 0.717) is 6.10 Å². The first-order chi connectivity index (χ1) is 8.84. The lowest BCUT2D eigenvalue weighted by atomic mass is 9.97. The lowest BCUT2D eigenvalue weighted by molar-refractivity contribution is 0.417. The first-order valence-corrected chi connectivity index (χ1v) is 6.85. The Morgan fingerprint density at radius 1 is 0.889 bits per heavy atom. The van der Waals surface area contributed by atoms with Gasteiger partial charge in [0.15, 0.2) is 0 Å². The van der Waals surface area contributed by atoms with Crippen molar-refractivity contribution >= 4 is 37.5 Å². The molecule has 1 aliphatic rings. The fourth-order valence-electron chi connectivity index (χ4n) is 2.62. The van der Waals surface area contributed by atoms with Crippen LogP contribution in [0.15, 0.2) is 53.0 Å². The number of benzene rings is 3. The van der Waals surface area contributed by atoms with Gasteiger partial charge in [0.25, 0.3) is 0 Å². The van der Waals surface area contributed by atoms with Gasteiger partial charge in [0.1, 0.15) is 6.10 Å². The third-order valence-corrected chi connectivity index (χ3v) is 4.22. The molecule has 0 aliphatic carbocycles. The first-order valence-electron chi connectivity index (χ1n) is 6.06. The van der Waals surface area contributed by atoms with Crippen molar-refractivity contribution in [1.29, 1.82) is 0 Å². The first kappa shape index (κ1) is 10.5. The summed E-state index contributed by atoms with van der Waals surface area (Å²) in [5.41, 5.74) is 1.30. The van der Waals surface area contributed by atoms with E-state index in [4.69, 9.17) is 4.74 Å². The average Bonchev–Trinajstić information content (AvgIpc) is 3.23. The fourth-order valence-corrected chi connectivity index (χ4v) is 3.19. The Labute approximate surface area is 113 Å². The third kappa shape index (κ3) is 1.49. The van der Waals surface area contributed by atoms with Crippen LogP contribution in [0.1, 0.15) is 11.7 Å². The van der Waals surface area contributed by atoms with Gasteiger partial charge in [0.2, 0.25) is 0 Å². The second-order valence-electron chi connectivity index (χ2n) is 4.67. The molecule has 0 amide bonds. The predicted molar refractivity (Wildman–Crippen MR) is 77.8 cm³/mol. The van der Waals surface area contributed by atoms with Crippen LogP contribution >= 0.6 is 15.9 Å². The van der Waals surface area contributed by atoms with Crippen LogP contribution in [-0.2, 0) is 4.74 Å². The average molecular weight is 299 g/mol. The minimum atomic E-state index is 0.293. The summed E-state index contributed by atoms with van der Waals surface area (Å²) in [5, 5.41) is 5.16. The van der Waals surface area contributed by atoms with Gasteiger partial charge in [-0.1, -0.05) is 58.4 Å². The quantitative estimate of drug-likeness (QED) is 0.463. The maximum absolute atomic E-state index is 5.44. The lowest BCUT2D eigenvalue weighted by Crippen LogP contribution is -1.86. The number of hydrogen-bond donors (Lipinski definition) is 0. The molecule has 1 atom stereocenters. The Bertz CT molecular complexity index is 759. The molecule has 0 radical (unpaired) electrons. The summed E-state index contributed by atoms with van der Waals surface area (Å²) in [6, 6.07) is 17.2. The molecule has 88 valence electrons. The normalized spacial score (nSPS) is 18.4. The van der Waals surface area contributed by atoms with E-state index in [2.05, 4.69) is 64.5 Å². The van der Waals surface area contributed by atoms with Crippen LogP contribution in [0, 0.1) is 0 Å². The summed E-state index contributed by atoms with van der Waals surface area (Å²) in [5.74, 6) is 0. The highest BCUT2D eigenvalue weighted by molar-refractivity contribution is 9.10. The maximum atomic E-state index is 5.44. The number of rotatable bonds is 1. The van der Waals surface area contributed by atoms with Crippen molar-refractivity contribution in [2.24, 2.45) is 0 Å². The van der Waals surface area contributed by atoms with E-state index in [9.17, 15) is 0 Å². The molecule has 3 aromatic rings. The zero-order chi connectivity index (χ0) is 12.1. The molecule has 0 unspecified atom stereocenters. The number of epoxide rings is 1. The van der Waals surface area contributed by atoms with Crippen molar-refractivity contribution in [3.63, 3.8) is 0 Å². The minimum Gasteiger partial charge on any atom is -0.368 e. The number of hydrogen-bond acceptors (Lipinski definition) is 1. The summed E-state index contributed by atoms with van der Waals surface area (Å²) < 4.78 is 6.59. The largest absolute Gasteiger partial charge is 0.368 e. The van der Waals surface area contributed by atoms with Crippen LogP contribution in [0.4, 0.5) is 0 Å². The SMILES string of the molecule is Brc1cc2c([C@@H]3CO3)cccc2c2ccccc12. The van der Waals surface area contributed by atoms with E-state index in [1.807, 2.05) is 0 Å². The Morgan fingerprint density at radius 3 is 2.33 bits per heavy atom. The van der Waals surface area contributed by atoms with Crippen LogP contribution in [0.3, 0.4) is 0 Å². The van der Waals surface area contributed by atoms with Crippen LogP contribution in [0.2, 0.25) is 0 Å². The molecule has 4 rings (SSSR count). The van der Waals surface area contributed by atoms with Crippen LogP contribution in [-0.4, -0.2) is 6.61 Å². The zero-order valence-electron chi connectivity index (χ0n) is 9.69. The molecular weight excluding hydrogens is 288 g/mol. The summed E-state index contributed by atoms with van der Waals surface area (Å²) in [4.78, 5) is 0. The number of fused-ring (bicyclic) bond motifs is 3. The smallest absolute Gasteiger partial charge is 0.107 e. The third-order valence-electron chi connectivity index (χ3n) is 3.57. The highest BCUT2D eigenvalue weighted by atomic mass is 79.9. The molecule has 1 nitrogen and oxygen atoms in total. The molecule has 0 aromatic heterocycles. The molecule has 18 heavy (non-hydrogen) atoms. The van der Waals surface area contributed by atoms with Gasteiger partial charge in [0, 0.05) is 4.47 Å². The molecule has 1 heterocycles. The fraction of sp³-hybridized carbons (Fsp3) is 0.125. The molecule has 0 bridgehead atoms. The highest BCUT2D eigenvalue weighted by Gasteiger charge is 2.26. The number of halogens is 1. The Kier molecular flexibility index (Phi) is 2.23. The van der Waals surface area contributed by atoms with Crippen molar-refractivity contribution in [1.82, 2.24) is 0 Å². The van der Waals surface area contributed by atoms with Gasteiger partial charge < -0.3 is 4.74 Å². The van der Waals surface area contributed by atoms with Gasteiger partial charge in [-0.05, 0) is 33.2 Å². The standard InChI is InChI=1S/C16H11BrO/c17-15-8-14-11(10-4-1-2-5-12(10)15)6-3-7-13(14)16-9-18-16/h1-8,16H,9H2/t16-/m0/s1. The highest BCUT2D eigenvalue weighted by Crippen LogP contribution is 2.39. The zero-order valence-corrected chi connectivity index (χ0v) is 11.3. The van der Waals surface area contributed by atoms with Crippen LogP contribution in [0.5, 0.6) is 0 Å². The topological polar surface area (TPSA) is 12.5 Å². The van der Waals surface area contributed by atoms with E-state index in [-0.39, 0.29) is 0 Å². The molecule has 3 aromatic carbocycles. The summed E-state index contributed by atoms with van der Waals surface area (Å²) in [7, 11) is 0.